The second-order valence-corrected chi connectivity index (χ2v) is 5.74. The summed E-state index contributed by atoms with van der Waals surface area (Å²) in [5, 5.41) is 9.20. The van der Waals surface area contributed by atoms with E-state index in [2.05, 4.69) is 39.1 Å². The van der Waals surface area contributed by atoms with Crippen molar-refractivity contribution in [2.45, 2.75) is 0 Å². The molecule has 0 aromatic heterocycles. The summed E-state index contributed by atoms with van der Waals surface area (Å²) < 4.78 is 0. The number of aliphatic imine (C=N–C) groups is 1. The number of hydroxylamine groups is 1. The van der Waals surface area contributed by atoms with E-state index < -0.39 is 0 Å². The second-order valence-electron chi connectivity index (χ2n) is 5.33. The molecule has 1 aliphatic heterocycles. The van der Waals surface area contributed by atoms with E-state index in [4.69, 9.17) is 16.8 Å². The van der Waals surface area contributed by atoms with Gasteiger partial charge in [0.25, 0.3) is 0 Å². The summed E-state index contributed by atoms with van der Waals surface area (Å²) in [4.78, 5) is 8.70. The molecule has 0 aliphatic carbocycles. The van der Waals surface area contributed by atoms with Crippen LogP contribution in [0, 0.1) is 0 Å². The molecule has 2 aromatic carbocycles. The summed E-state index contributed by atoms with van der Waals surface area (Å²) in [7, 11) is 0. The highest BCUT2D eigenvalue weighted by atomic mass is 35.5. The molecule has 3 rings (SSSR count). The Labute approximate surface area is 140 Å². The number of piperazine rings is 1. The highest BCUT2D eigenvalue weighted by Gasteiger charge is 2.19. The van der Waals surface area contributed by atoms with Crippen LogP contribution in [0.15, 0.2) is 53.5 Å². The largest absolute Gasteiger partial charge is 0.368 e. The summed E-state index contributed by atoms with van der Waals surface area (Å²) in [5.41, 5.74) is 4.87. The first kappa shape index (κ1) is 15.6. The molecule has 23 heavy (non-hydrogen) atoms. The Bertz CT molecular complexity index is 670. The van der Waals surface area contributed by atoms with Crippen LogP contribution >= 0.6 is 11.6 Å². The van der Waals surface area contributed by atoms with Crippen molar-refractivity contribution in [1.82, 2.24) is 5.48 Å². The molecule has 1 fully saturated rings. The topological polar surface area (TPSA) is 51.1 Å². The molecule has 2 aromatic rings. The van der Waals surface area contributed by atoms with Crippen LogP contribution in [-0.4, -0.2) is 37.7 Å². The molecular weight excluding hydrogens is 312 g/mol. The Morgan fingerprint density at radius 3 is 2.35 bits per heavy atom. The number of anilines is 2. The molecule has 0 atom stereocenters. The maximum atomic E-state index is 8.53. The smallest absolute Gasteiger partial charge is 0.113 e. The van der Waals surface area contributed by atoms with E-state index in [1.54, 1.807) is 6.07 Å². The van der Waals surface area contributed by atoms with Gasteiger partial charge in [0.05, 0.1) is 16.4 Å². The number of halogens is 1. The van der Waals surface area contributed by atoms with Gasteiger partial charge >= 0.3 is 0 Å². The lowest BCUT2D eigenvalue weighted by molar-refractivity contribution is 0.240. The van der Waals surface area contributed by atoms with Crippen LogP contribution in [0.1, 0.15) is 0 Å². The standard InChI is InChI=1S/C17H19ClN4O/c18-16-12-14(19-13-20-23)6-7-17(16)22-10-8-21(9-11-22)15-4-2-1-3-5-15/h1-7,12-13,23H,8-11H2,(H,19,20). The molecule has 0 saturated carbocycles. The number of nitrogens with zero attached hydrogens (tertiary/aromatic N) is 3. The molecule has 5 nitrogen and oxygen atoms in total. The Balaban J connectivity index is 1.67. The minimum Gasteiger partial charge on any atom is -0.368 e. The van der Waals surface area contributed by atoms with Crippen molar-refractivity contribution in [3.8, 4) is 0 Å². The molecule has 1 saturated heterocycles. The predicted octanol–water partition coefficient (Wildman–Crippen LogP) is 3.31. The molecule has 2 N–H and O–H groups in total. The molecule has 0 amide bonds. The normalized spacial score (nSPS) is 15.2. The van der Waals surface area contributed by atoms with Crippen molar-refractivity contribution in [1.29, 1.82) is 0 Å². The molecule has 1 heterocycles. The summed E-state index contributed by atoms with van der Waals surface area (Å²) in [5.74, 6) is 0. The van der Waals surface area contributed by atoms with Crippen LogP contribution in [0.2, 0.25) is 5.02 Å². The molecule has 6 heteroatoms. The van der Waals surface area contributed by atoms with Gasteiger partial charge in [-0.1, -0.05) is 29.8 Å². The van der Waals surface area contributed by atoms with Gasteiger partial charge in [0, 0.05) is 31.9 Å². The fourth-order valence-electron chi connectivity index (χ4n) is 2.78. The first-order chi connectivity index (χ1) is 11.3. The van der Waals surface area contributed by atoms with Crippen molar-refractivity contribution in [3.63, 3.8) is 0 Å². The highest BCUT2D eigenvalue weighted by molar-refractivity contribution is 6.33. The Hall–Kier alpha value is -2.24. The first-order valence-electron chi connectivity index (χ1n) is 7.54. The van der Waals surface area contributed by atoms with E-state index in [-0.39, 0.29) is 0 Å². The molecule has 0 unspecified atom stereocenters. The zero-order valence-corrected chi connectivity index (χ0v) is 13.4. The lowest BCUT2D eigenvalue weighted by Crippen LogP contribution is -2.46. The number of hydrogen-bond donors (Lipinski definition) is 2. The second kappa shape index (κ2) is 7.35. The van der Waals surface area contributed by atoms with Crippen molar-refractivity contribution in [3.05, 3.63) is 53.6 Å². The number of benzene rings is 2. The van der Waals surface area contributed by atoms with E-state index in [9.17, 15) is 0 Å². The Morgan fingerprint density at radius 2 is 1.70 bits per heavy atom. The van der Waals surface area contributed by atoms with Crippen molar-refractivity contribution in [2.75, 3.05) is 36.0 Å². The third-order valence-electron chi connectivity index (χ3n) is 3.94. The zero-order chi connectivity index (χ0) is 16.1. The van der Waals surface area contributed by atoms with Crippen LogP contribution in [0.5, 0.6) is 0 Å². The van der Waals surface area contributed by atoms with Gasteiger partial charge in [-0.2, -0.15) is 0 Å². The lowest BCUT2D eigenvalue weighted by Gasteiger charge is -2.37. The fourth-order valence-corrected chi connectivity index (χ4v) is 3.07. The lowest BCUT2D eigenvalue weighted by atomic mass is 10.2. The quantitative estimate of drug-likeness (QED) is 0.513. The third kappa shape index (κ3) is 3.75. The minimum atomic E-state index is 0.672. The monoisotopic (exact) mass is 330 g/mol. The van der Waals surface area contributed by atoms with Crippen LogP contribution < -0.4 is 15.3 Å². The van der Waals surface area contributed by atoms with Crippen LogP contribution in [0.3, 0.4) is 0 Å². The fraction of sp³-hybridized carbons (Fsp3) is 0.235. The van der Waals surface area contributed by atoms with Gasteiger partial charge in [0.1, 0.15) is 6.34 Å². The Morgan fingerprint density at radius 1 is 1.00 bits per heavy atom. The maximum Gasteiger partial charge on any atom is 0.113 e. The average Bonchev–Trinajstić information content (AvgIpc) is 2.61. The SMILES string of the molecule is ONC=Nc1ccc(N2CCN(c3ccccc3)CC2)c(Cl)c1. The van der Waals surface area contributed by atoms with Crippen LogP contribution in [0.4, 0.5) is 17.1 Å². The molecule has 0 bridgehead atoms. The molecular formula is C17H19ClN4O. The van der Waals surface area contributed by atoms with Crippen molar-refractivity contribution >= 4 is 35.0 Å². The number of para-hydroxylation sites is 1. The van der Waals surface area contributed by atoms with Gasteiger partial charge < -0.3 is 9.80 Å². The van der Waals surface area contributed by atoms with E-state index >= 15 is 0 Å². The molecule has 120 valence electrons. The van der Waals surface area contributed by atoms with Gasteiger partial charge in [-0.15, -0.1) is 0 Å². The van der Waals surface area contributed by atoms with Gasteiger partial charge in [-0.05, 0) is 30.3 Å². The van der Waals surface area contributed by atoms with E-state index in [1.165, 1.54) is 12.0 Å². The third-order valence-corrected chi connectivity index (χ3v) is 4.25. The predicted molar refractivity (Wildman–Crippen MR) is 95.4 cm³/mol. The maximum absolute atomic E-state index is 8.53. The summed E-state index contributed by atoms with van der Waals surface area (Å²) >= 11 is 6.38. The number of rotatable bonds is 4. The van der Waals surface area contributed by atoms with E-state index in [0.717, 1.165) is 31.9 Å². The minimum absolute atomic E-state index is 0.672. The molecule has 0 spiro atoms. The van der Waals surface area contributed by atoms with Gasteiger partial charge in [0.15, 0.2) is 0 Å². The van der Waals surface area contributed by atoms with E-state index in [1.807, 2.05) is 23.7 Å². The van der Waals surface area contributed by atoms with Crippen molar-refractivity contribution in [2.24, 2.45) is 4.99 Å². The first-order valence-corrected chi connectivity index (χ1v) is 7.92. The number of hydrogen-bond acceptors (Lipinski definition) is 4. The Kier molecular flexibility index (Phi) is 5.00. The summed E-state index contributed by atoms with van der Waals surface area (Å²) in [6.07, 6.45) is 1.21. The molecule has 1 aliphatic rings. The van der Waals surface area contributed by atoms with E-state index in [0.29, 0.717) is 10.7 Å². The average molecular weight is 331 g/mol. The molecule has 0 radical (unpaired) electrons. The number of nitrogens with one attached hydrogen (secondary N) is 1. The van der Waals surface area contributed by atoms with Gasteiger partial charge in [-0.3, -0.25) is 10.7 Å². The van der Waals surface area contributed by atoms with Gasteiger partial charge in [0.2, 0.25) is 0 Å². The zero-order valence-electron chi connectivity index (χ0n) is 12.7. The highest BCUT2D eigenvalue weighted by Crippen LogP contribution is 2.31. The summed E-state index contributed by atoms with van der Waals surface area (Å²) in [6.45, 7) is 3.79. The van der Waals surface area contributed by atoms with Crippen molar-refractivity contribution < 1.29 is 5.21 Å². The summed E-state index contributed by atoms with van der Waals surface area (Å²) in [6, 6.07) is 16.1. The van der Waals surface area contributed by atoms with Gasteiger partial charge in [-0.25, -0.2) is 4.99 Å². The van der Waals surface area contributed by atoms with Crippen LogP contribution in [0.25, 0.3) is 0 Å². The van der Waals surface area contributed by atoms with Crippen LogP contribution in [-0.2, 0) is 0 Å².